The van der Waals surface area contributed by atoms with E-state index in [0.717, 1.165) is 42.0 Å². The number of methoxy groups -OCH3 is 1. The Morgan fingerprint density at radius 3 is 2.73 bits per heavy atom. The lowest BCUT2D eigenvalue weighted by atomic mass is 10.0. The molecule has 0 bridgehead atoms. The Bertz CT molecular complexity index is 669. The number of rotatable bonds is 11. The Morgan fingerprint density at radius 2 is 2.04 bits per heavy atom. The summed E-state index contributed by atoms with van der Waals surface area (Å²) in [7, 11) is 5.67. The first-order valence-electron chi connectivity index (χ1n) is 8.84. The monoisotopic (exact) mass is 359 g/mol. The van der Waals surface area contributed by atoms with Crippen molar-refractivity contribution in [3.8, 4) is 11.3 Å². The summed E-state index contributed by atoms with van der Waals surface area (Å²) < 4.78 is 4.93. The lowest BCUT2D eigenvalue weighted by molar-refractivity contribution is -0.120. The van der Waals surface area contributed by atoms with Crippen LogP contribution in [0.5, 0.6) is 0 Å². The number of hydrogen-bond donors (Lipinski definition) is 3. The molecule has 1 heterocycles. The van der Waals surface area contributed by atoms with Crippen molar-refractivity contribution in [3.63, 3.8) is 0 Å². The van der Waals surface area contributed by atoms with Gasteiger partial charge in [0, 0.05) is 38.9 Å². The Hall–Kier alpha value is -2.22. The molecule has 142 valence electrons. The molecule has 0 aliphatic heterocycles. The minimum Gasteiger partial charge on any atom is -0.383 e. The van der Waals surface area contributed by atoms with Crippen LogP contribution in [0, 0.1) is 0 Å². The largest absolute Gasteiger partial charge is 0.383 e. The fourth-order valence-corrected chi connectivity index (χ4v) is 2.68. The van der Waals surface area contributed by atoms with Gasteiger partial charge in [-0.15, -0.1) is 0 Å². The van der Waals surface area contributed by atoms with Crippen LogP contribution in [-0.2, 0) is 22.5 Å². The highest BCUT2D eigenvalue weighted by atomic mass is 16.5. The number of carbonyl (C=O) groups is 1. The Labute approximate surface area is 155 Å². The van der Waals surface area contributed by atoms with Crippen molar-refractivity contribution in [3.05, 3.63) is 41.6 Å². The van der Waals surface area contributed by atoms with Crippen LogP contribution in [0.1, 0.15) is 11.1 Å². The van der Waals surface area contributed by atoms with E-state index in [9.17, 15) is 4.79 Å². The average Bonchev–Trinajstić information content (AvgIpc) is 3.09. The number of nitrogens with zero attached hydrogens (tertiary/aromatic N) is 2. The third kappa shape index (κ3) is 6.25. The number of hydrogen-bond acceptors (Lipinski definition) is 5. The average molecular weight is 359 g/mol. The summed E-state index contributed by atoms with van der Waals surface area (Å²) >= 11 is 0. The number of H-pyrrole nitrogens is 1. The summed E-state index contributed by atoms with van der Waals surface area (Å²) in [5.41, 5.74) is 4.24. The maximum absolute atomic E-state index is 11.9. The molecule has 1 amide bonds. The molecule has 0 aliphatic rings. The van der Waals surface area contributed by atoms with Gasteiger partial charge in [-0.2, -0.15) is 5.10 Å². The molecule has 0 saturated heterocycles. The van der Waals surface area contributed by atoms with Gasteiger partial charge in [-0.1, -0.05) is 24.3 Å². The highest BCUT2D eigenvalue weighted by Gasteiger charge is 2.10. The van der Waals surface area contributed by atoms with Gasteiger partial charge in [0.15, 0.2) is 0 Å². The van der Waals surface area contributed by atoms with Crippen LogP contribution < -0.4 is 10.6 Å². The second-order valence-electron chi connectivity index (χ2n) is 6.33. The summed E-state index contributed by atoms with van der Waals surface area (Å²) in [5, 5.41) is 13.3. The third-order valence-electron chi connectivity index (χ3n) is 4.14. The van der Waals surface area contributed by atoms with Gasteiger partial charge in [0.25, 0.3) is 0 Å². The van der Waals surface area contributed by atoms with E-state index < -0.39 is 0 Å². The molecule has 7 heteroatoms. The van der Waals surface area contributed by atoms with Crippen LogP contribution in [0.25, 0.3) is 11.3 Å². The molecular formula is C19H29N5O2. The highest BCUT2D eigenvalue weighted by Crippen LogP contribution is 2.22. The standard InChI is InChI=1S/C19H29N5O2/c1-20-8-10-24(2)14-17-13-22-23-19(17)16-6-4-15(5-7-16)12-18(25)21-9-11-26-3/h4-7,13,20H,8-12,14H2,1-3H3,(H,21,25)(H,22,23). The van der Waals surface area contributed by atoms with Crippen molar-refractivity contribution >= 4 is 5.91 Å². The second kappa shape index (κ2) is 10.7. The summed E-state index contributed by atoms with van der Waals surface area (Å²) in [6.45, 7) is 3.81. The van der Waals surface area contributed by atoms with Gasteiger partial charge >= 0.3 is 0 Å². The van der Waals surface area contributed by atoms with Gasteiger partial charge in [-0.25, -0.2) is 0 Å². The van der Waals surface area contributed by atoms with Gasteiger partial charge in [-0.05, 0) is 25.2 Å². The first kappa shape index (κ1) is 20.1. The molecule has 0 fully saturated rings. The van der Waals surface area contributed by atoms with E-state index in [2.05, 4.69) is 32.8 Å². The van der Waals surface area contributed by atoms with Crippen molar-refractivity contribution in [1.82, 2.24) is 25.7 Å². The van der Waals surface area contributed by atoms with E-state index in [-0.39, 0.29) is 5.91 Å². The summed E-state index contributed by atoms with van der Waals surface area (Å²) in [6, 6.07) is 8.03. The molecule has 0 atom stereocenters. The molecular weight excluding hydrogens is 330 g/mol. The van der Waals surface area contributed by atoms with Crippen LogP contribution in [0.3, 0.4) is 0 Å². The molecule has 1 aromatic carbocycles. The molecule has 0 radical (unpaired) electrons. The van der Waals surface area contributed by atoms with E-state index in [4.69, 9.17) is 4.74 Å². The predicted molar refractivity (Wildman–Crippen MR) is 103 cm³/mol. The maximum Gasteiger partial charge on any atom is 0.224 e. The van der Waals surface area contributed by atoms with Crippen molar-refractivity contribution in [1.29, 1.82) is 0 Å². The van der Waals surface area contributed by atoms with Crippen molar-refractivity contribution < 1.29 is 9.53 Å². The van der Waals surface area contributed by atoms with Gasteiger partial charge in [0.05, 0.1) is 24.9 Å². The van der Waals surface area contributed by atoms with Crippen LogP contribution >= 0.6 is 0 Å². The topological polar surface area (TPSA) is 82.3 Å². The zero-order valence-electron chi connectivity index (χ0n) is 15.8. The number of carbonyl (C=O) groups excluding carboxylic acids is 1. The maximum atomic E-state index is 11.9. The molecule has 1 aromatic heterocycles. The number of likely N-dealkylation sites (N-methyl/N-ethyl adjacent to an activating group) is 2. The number of aromatic amines is 1. The number of nitrogens with one attached hydrogen (secondary N) is 3. The van der Waals surface area contributed by atoms with Gasteiger partial charge in [-0.3, -0.25) is 9.89 Å². The summed E-state index contributed by atoms with van der Waals surface area (Å²) in [6.07, 6.45) is 2.24. The fourth-order valence-electron chi connectivity index (χ4n) is 2.68. The first-order chi connectivity index (χ1) is 12.6. The van der Waals surface area contributed by atoms with Crippen molar-refractivity contribution in [2.75, 3.05) is 47.4 Å². The van der Waals surface area contributed by atoms with E-state index in [1.165, 1.54) is 0 Å². The first-order valence-corrected chi connectivity index (χ1v) is 8.84. The Morgan fingerprint density at radius 1 is 1.27 bits per heavy atom. The quantitative estimate of drug-likeness (QED) is 0.522. The summed E-state index contributed by atoms with van der Waals surface area (Å²) in [4.78, 5) is 14.1. The second-order valence-corrected chi connectivity index (χ2v) is 6.33. The molecule has 0 saturated carbocycles. The smallest absolute Gasteiger partial charge is 0.224 e. The number of amides is 1. The predicted octanol–water partition coefficient (Wildman–Crippen LogP) is 1.03. The van der Waals surface area contributed by atoms with E-state index >= 15 is 0 Å². The summed E-state index contributed by atoms with van der Waals surface area (Å²) in [5.74, 6) is 0.00295. The van der Waals surface area contributed by atoms with Crippen molar-refractivity contribution in [2.24, 2.45) is 0 Å². The minimum absolute atomic E-state index is 0.00295. The molecule has 0 spiro atoms. The van der Waals surface area contributed by atoms with Gasteiger partial charge < -0.3 is 20.3 Å². The molecule has 0 unspecified atom stereocenters. The molecule has 3 N–H and O–H groups in total. The number of aromatic nitrogens is 2. The lowest BCUT2D eigenvalue weighted by Crippen LogP contribution is -2.28. The molecule has 26 heavy (non-hydrogen) atoms. The van der Waals surface area contributed by atoms with Crippen molar-refractivity contribution in [2.45, 2.75) is 13.0 Å². The van der Waals surface area contributed by atoms with Gasteiger partial charge in [0.2, 0.25) is 5.91 Å². The van der Waals surface area contributed by atoms with Crippen LogP contribution in [-0.4, -0.2) is 68.5 Å². The van der Waals surface area contributed by atoms with Crippen LogP contribution in [0.2, 0.25) is 0 Å². The van der Waals surface area contributed by atoms with E-state index in [1.54, 1.807) is 7.11 Å². The highest BCUT2D eigenvalue weighted by molar-refractivity contribution is 5.78. The van der Waals surface area contributed by atoms with Crippen LogP contribution in [0.4, 0.5) is 0 Å². The number of ether oxygens (including phenoxy) is 1. The SMILES string of the molecule is CNCCN(C)Cc1cn[nH]c1-c1ccc(CC(=O)NCCOC)cc1. The van der Waals surface area contributed by atoms with Crippen LogP contribution in [0.15, 0.2) is 30.5 Å². The number of benzene rings is 1. The third-order valence-corrected chi connectivity index (χ3v) is 4.14. The molecule has 2 rings (SSSR count). The molecule has 0 aliphatic carbocycles. The zero-order chi connectivity index (χ0) is 18.8. The van der Waals surface area contributed by atoms with E-state index in [1.807, 2.05) is 37.5 Å². The molecule has 2 aromatic rings. The van der Waals surface area contributed by atoms with E-state index in [0.29, 0.717) is 19.6 Å². The minimum atomic E-state index is 0.00295. The Balaban J connectivity index is 1.96. The zero-order valence-corrected chi connectivity index (χ0v) is 15.8. The Kier molecular flexibility index (Phi) is 8.27. The molecule has 7 nitrogen and oxygen atoms in total. The normalized spacial score (nSPS) is 11.1. The fraction of sp³-hybridized carbons (Fsp3) is 0.474. The lowest BCUT2D eigenvalue weighted by Gasteiger charge is -2.16. The van der Waals surface area contributed by atoms with Gasteiger partial charge in [0.1, 0.15) is 0 Å².